The van der Waals surface area contributed by atoms with E-state index in [9.17, 15) is 18.8 Å². The molecular weight excluding hydrogens is 373 g/mol. The maximum Gasteiger partial charge on any atom is 0.325 e. The molecule has 2 aromatic carbocycles. The molecule has 152 valence electrons. The summed E-state index contributed by atoms with van der Waals surface area (Å²) < 4.78 is 13.3. The lowest BCUT2D eigenvalue weighted by Gasteiger charge is -2.25. The van der Waals surface area contributed by atoms with Crippen molar-refractivity contribution in [1.82, 2.24) is 10.2 Å². The molecule has 4 amide bonds. The number of benzene rings is 2. The molecule has 0 aromatic heterocycles. The molecule has 2 aromatic rings. The van der Waals surface area contributed by atoms with Gasteiger partial charge in [0.25, 0.3) is 5.91 Å². The Morgan fingerprint density at radius 2 is 1.79 bits per heavy atom. The first kappa shape index (κ1) is 20.5. The summed E-state index contributed by atoms with van der Waals surface area (Å²) in [6.07, 6.45) is 0.275. The lowest BCUT2D eigenvalue weighted by Crippen LogP contribution is -2.44. The van der Waals surface area contributed by atoms with Crippen molar-refractivity contribution in [1.29, 1.82) is 0 Å². The highest BCUT2D eigenvalue weighted by atomic mass is 19.1. The maximum absolute atomic E-state index is 13.3. The standard InChI is InChI=1S/C22H24FN3O3/c1-4-22(15-9-11-16(23)12-10-15)20(28)26(21(29)25-22)13-19(27)24-18-8-6-5-7-17(18)14(2)3/h5-12,14H,4,13H2,1-3H3,(H,24,27)(H,25,29). The van der Waals surface area contributed by atoms with Gasteiger partial charge in [-0.1, -0.05) is 51.1 Å². The predicted molar refractivity (Wildman–Crippen MR) is 108 cm³/mol. The van der Waals surface area contributed by atoms with Crippen molar-refractivity contribution in [3.8, 4) is 0 Å². The van der Waals surface area contributed by atoms with Crippen LogP contribution in [0.5, 0.6) is 0 Å². The number of nitrogens with zero attached hydrogens (tertiary/aromatic N) is 1. The number of amides is 4. The summed E-state index contributed by atoms with van der Waals surface area (Å²) in [5, 5.41) is 5.48. The first-order valence-corrected chi connectivity index (χ1v) is 9.57. The Hall–Kier alpha value is -3.22. The molecule has 2 N–H and O–H groups in total. The zero-order valence-electron chi connectivity index (χ0n) is 16.7. The van der Waals surface area contributed by atoms with Gasteiger partial charge < -0.3 is 10.6 Å². The third kappa shape index (κ3) is 3.85. The van der Waals surface area contributed by atoms with Crippen LogP contribution in [0.2, 0.25) is 0 Å². The molecule has 1 aliphatic rings. The summed E-state index contributed by atoms with van der Waals surface area (Å²) in [4.78, 5) is 39.1. The van der Waals surface area contributed by atoms with Crippen LogP contribution < -0.4 is 10.6 Å². The highest BCUT2D eigenvalue weighted by Gasteiger charge is 2.51. The second-order valence-corrected chi connectivity index (χ2v) is 7.38. The Balaban J connectivity index is 1.80. The van der Waals surface area contributed by atoms with Crippen molar-refractivity contribution in [2.24, 2.45) is 0 Å². The van der Waals surface area contributed by atoms with E-state index in [0.29, 0.717) is 11.3 Å². The summed E-state index contributed by atoms with van der Waals surface area (Å²) in [5.41, 5.74) is 0.792. The highest BCUT2D eigenvalue weighted by Crippen LogP contribution is 2.32. The summed E-state index contributed by atoms with van der Waals surface area (Å²) in [6.45, 7) is 5.38. The minimum atomic E-state index is -1.30. The second-order valence-electron chi connectivity index (χ2n) is 7.38. The van der Waals surface area contributed by atoms with E-state index in [2.05, 4.69) is 10.6 Å². The lowest BCUT2D eigenvalue weighted by atomic mass is 9.87. The average molecular weight is 397 g/mol. The van der Waals surface area contributed by atoms with E-state index in [1.807, 2.05) is 32.0 Å². The predicted octanol–water partition coefficient (Wildman–Crippen LogP) is 3.74. The number of anilines is 1. The number of hydrogen-bond donors (Lipinski definition) is 2. The SMILES string of the molecule is CCC1(c2ccc(F)cc2)NC(=O)N(CC(=O)Nc2ccccc2C(C)C)C1=O. The van der Waals surface area contributed by atoms with Crippen LogP contribution in [-0.4, -0.2) is 29.3 Å². The zero-order valence-corrected chi connectivity index (χ0v) is 16.7. The number of rotatable bonds is 6. The van der Waals surface area contributed by atoms with E-state index in [0.717, 1.165) is 10.5 Å². The number of hydrogen-bond acceptors (Lipinski definition) is 3. The van der Waals surface area contributed by atoms with Crippen LogP contribution >= 0.6 is 0 Å². The van der Waals surface area contributed by atoms with Gasteiger partial charge in [0.05, 0.1) is 0 Å². The molecule has 29 heavy (non-hydrogen) atoms. The van der Waals surface area contributed by atoms with Gasteiger partial charge in [-0.3, -0.25) is 14.5 Å². The van der Waals surface area contributed by atoms with E-state index in [1.165, 1.54) is 24.3 Å². The summed E-state index contributed by atoms with van der Waals surface area (Å²) in [5.74, 6) is -1.22. The van der Waals surface area contributed by atoms with Crippen molar-refractivity contribution in [2.45, 2.75) is 38.6 Å². The number of halogens is 1. The minimum Gasteiger partial charge on any atom is -0.324 e. The first-order valence-electron chi connectivity index (χ1n) is 9.57. The fraction of sp³-hybridized carbons (Fsp3) is 0.318. The van der Waals surface area contributed by atoms with E-state index < -0.39 is 35.7 Å². The monoisotopic (exact) mass is 397 g/mol. The van der Waals surface area contributed by atoms with Crippen LogP contribution in [0.3, 0.4) is 0 Å². The van der Waals surface area contributed by atoms with Crippen LogP contribution in [0.1, 0.15) is 44.2 Å². The molecule has 1 fully saturated rings. The Kier molecular flexibility index (Phi) is 5.68. The number of carbonyl (C=O) groups excluding carboxylic acids is 3. The Labute approximate surface area is 169 Å². The third-order valence-corrected chi connectivity index (χ3v) is 5.20. The normalized spacial score (nSPS) is 18.9. The van der Waals surface area contributed by atoms with Gasteiger partial charge >= 0.3 is 6.03 Å². The molecule has 0 saturated carbocycles. The first-order chi connectivity index (χ1) is 13.8. The summed E-state index contributed by atoms with van der Waals surface area (Å²) >= 11 is 0. The van der Waals surface area contributed by atoms with Gasteiger partial charge in [-0.05, 0) is 41.7 Å². The van der Waals surface area contributed by atoms with E-state index >= 15 is 0 Å². The maximum atomic E-state index is 13.3. The highest BCUT2D eigenvalue weighted by molar-refractivity contribution is 6.10. The van der Waals surface area contributed by atoms with Crippen molar-refractivity contribution in [3.05, 3.63) is 65.5 Å². The molecule has 0 radical (unpaired) electrons. The van der Waals surface area contributed by atoms with Crippen molar-refractivity contribution in [2.75, 3.05) is 11.9 Å². The molecule has 1 unspecified atom stereocenters. The molecule has 3 rings (SSSR count). The van der Waals surface area contributed by atoms with Crippen molar-refractivity contribution in [3.63, 3.8) is 0 Å². The lowest BCUT2D eigenvalue weighted by molar-refractivity contribution is -0.134. The largest absolute Gasteiger partial charge is 0.325 e. The molecule has 1 heterocycles. The van der Waals surface area contributed by atoms with Gasteiger partial charge in [0.1, 0.15) is 17.9 Å². The fourth-order valence-corrected chi connectivity index (χ4v) is 3.59. The Morgan fingerprint density at radius 3 is 2.41 bits per heavy atom. The van der Waals surface area contributed by atoms with Gasteiger partial charge in [0, 0.05) is 5.69 Å². The van der Waals surface area contributed by atoms with Crippen LogP contribution in [0.4, 0.5) is 14.9 Å². The molecule has 1 atom stereocenters. The van der Waals surface area contributed by atoms with E-state index in [-0.39, 0.29) is 12.3 Å². The number of carbonyl (C=O) groups is 3. The number of urea groups is 1. The number of imide groups is 1. The number of nitrogens with one attached hydrogen (secondary N) is 2. The second kappa shape index (κ2) is 8.03. The molecule has 1 aliphatic heterocycles. The molecule has 0 aliphatic carbocycles. The molecule has 0 spiro atoms. The molecular formula is C22H24FN3O3. The van der Waals surface area contributed by atoms with Crippen LogP contribution in [0.15, 0.2) is 48.5 Å². The third-order valence-electron chi connectivity index (χ3n) is 5.20. The minimum absolute atomic E-state index is 0.203. The fourth-order valence-electron chi connectivity index (χ4n) is 3.59. The van der Waals surface area contributed by atoms with Crippen molar-refractivity contribution >= 4 is 23.5 Å². The quantitative estimate of drug-likeness (QED) is 0.729. The Morgan fingerprint density at radius 1 is 1.14 bits per heavy atom. The summed E-state index contributed by atoms with van der Waals surface area (Å²) in [7, 11) is 0. The van der Waals surface area contributed by atoms with Crippen LogP contribution in [0.25, 0.3) is 0 Å². The van der Waals surface area contributed by atoms with Crippen molar-refractivity contribution < 1.29 is 18.8 Å². The molecule has 6 nitrogen and oxygen atoms in total. The molecule has 1 saturated heterocycles. The van der Waals surface area contributed by atoms with Gasteiger partial charge in [-0.25, -0.2) is 9.18 Å². The van der Waals surface area contributed by atoms with E-state index in [4.69, 9.17) is 0 Å². The topological polar surface area (TPSA) is 78.5 Å². The van der Waals surface area contributed by atoms with Crippen LogP contribution in [0, 0.1) is 5.82 Å². The van der Waals surface area contributed by atoms with Crippen LogP contribution in [-0.2, 0) is 15.1 Å². The summed E-state index contributed by atoms with van der Waals surface area (Å²) in [6, 6.07) is 12.2. The van der Waals surface area contributed by atoms with Gasteiger partial charge in [-0.15, -0.1) is 0 Å². The van der Waals surface area contributed by atoms with E-state index in [1.54, 1.807) is 13.0 Å². The smallest absolute Gasteiger partial charge is 0.324 e. The molecule has 0 bridgehead atoms. The zero-order chi connectivity index (χ0) is 21.2. The van der Waals surface area contributed by atoms with Gasteiger partial charge in [-0.2, -0.15) is 0 Å². The number of para-hydroxylation sites is 1. The van der Waals surface area contributed by atoms with Gasteiger partial charge in [0.15, 0.2) is 0 Å². The molecule has 7 heteroatoms. The Bertz CT molecular complexity index is 943. The van der Waals surface area contributed by atoms with Gasteiger partial charge in [0.2, 0.25) is 5.91 Å². The average Bonchev–Trinajstić information content (AvgIpc) is 2.94.